The van der Waals surface area contributed by atoms with Crippen LogP contribution in [0, 0.1) is 5.92 Å². The highest BCUT2D eigenvalue weighted by molar-refractivity contribution is 4.69. The maximum atomic E-state index is 5.52. The lowest BCUT2D eigenvalue weighted by Crippen LogP contribution is -2.32. The molecule has 0 radical (unpaired) electrons. The monoisotopic (exact) mass is 242 g/mol. The first kappa shape index (κ1) is 14.9. The van der Waals surface area contributed by atoms with E-state index in [1.54, 1.807) is 0 Å². The van der Waals surface area contributed by atoms with Crippen LogP contribution in [0.4, 0.5) is 0 Å². The van der Waals surface area contributed by atoms with Crippen LogP contribution in [0.5, 0.6) is 0 Å². The number of likely N-dealkylation sites (tertiary alicyclic amines) is 1. The van der Waals surface area contributed by atoms with Crippen molar-refractivity contribution in [3.05, 3.63) is 0 Å². The number of hydrogen-bond donors (Lipinski definition) is 1. The molecule has 0 saturated carbocycles. The van der Waals surface area contributed by atoms with Crippen molar-refractivity contribution in [2.24, 2.45) is 5.92 Å². The summed E-state index contributed by atoms with van der Waals surface area (Å²) >= 11 is 0. The van der Waals surface area contributed by atoms with Gasteiger partial charge in [-0.25, -0.2) is 0 Å². The summed E-state index contributed by atoms with van der Waals surface area (Å²) in [5.74, 6) is 0.753. The summed E-state index contributed by atoms with van der Waals surface area (Å²) in [5.41, 5.74) is 0. The Morgan fingerprint density at radius 3 is 2.71 bits per heavy atom. The highest BCUT2D eigenvalue weighted by atomic mass is 16.5. The lowest BCUT2D eigenvalue weighted by Gasteiger charge is -2.20. The highest BCUT2D eigenvalue weighted by Gasteiger charge is 2.13. The number of nitrogens with one attached hydrogen (secondary N) is 1. The lowest BCUT2D eigenvalue weighted by atomic mass is 10.1. The van der Waals surface area contributed by atoms with Gasteiger partial charge in [-0.05, 0) is 44.8 Å². The fourth-order valence-corrected chi connectivity index (χ4v) is 2.31. The number of nitrogens with zero attached hydrogens (tertiary/aromatic N) is 1. The Hall–Kier alpha value is -0.120. The molecule has 0 bridgehead atoms. The van der Waals surface area contributed by atoms with Crippen molar-refractivity contribution in [2.45, 2.75) is 39.5 Å². The summed E-state index contributed by atoms with van der Waals surface area (Å²) in [6.07, 6.45) is 5.20. The van der Waals surface area contributed by atoms with Crippen LogP contribution in [0.25, 0.3) is 0 Å². The Bertz CT molecular complexity index is 170. The average Bonchev–Trinajstić information content (AvgIpc) is 2.80. The molecule has 1 N–H and O–H groups in total. The van der Waals surface area contributed by atoms with Gasteiger partial charge in [0.15, 0.2) is 0 Å². The van der Waals surface area contributed by atoms with Crippen LogP contribution in [0.2, 0.25) is 0 Å². The largest absolute Gasteiger partial charge is 0.380 e. The van der Waals surface area contributed by atoms with Crippen molar-refractivity contribution in [3.63, 3.8) is 0 Å². The Morgan fingerprint density at radius 2 is 2.00 bits per heavy atom. The molecular formula is C14H30N2O. The van der Waals surface area contributed by atoms with Gasteiger partial charge in [-0.3, -0.25) is 0 Å². The van der Waals surface area contributed by atoms with Gasteiger partial charge in [0, 0.05) is 19.7 Å². The molecule has 3 nitrogen and oxygen atoms in total. The van der Waals surface area contributed by atoms with E-state index in [2.05, 4.69) is 24.1 Å². The van der Waals surface area contributed by atoms with Gasteiger partial charge in [0.05, 0.1) is 6.61 Å². The second-order valence-electron chi connectivity index (χ2n) is 5.28. The average molecular weight is 242 g/mol. The first-order valence-electron chi connectivity index (χ1n) is 7.33. The molecule has 1 rings (SSSR count). The quantitative estimate of drug-likeness (QED) is 0.594. The Morgan fingerprint density at radius 1 is 1.24 bits per heavy atom. The van der Waals surface area contributed by atoms with Crippen molar-refractivity contribution in [1.29, 1.82) is 0 Å². The van der Waals surface area contributed by atoms with E-state index < -0.39 is 0 Å². The third kappa shape index (κ3) is 7.74. The van der Waals surface area contributed by atoms with Gasteiger partial charge >= 0.3 is 0 Å². The summed E-state index contributed by atoms with van der Waals surface area (Å²) < 4.78 is 5.52. The molecule has 1 aliphatic rings. The van der Waals surface area contributed by atoms with Crippen LogP contribution in [-0.2, 0) is 4.74 Å². The molecule has 17 heavy (non-hydrogen) atoms. The molecule has 0 spiro atoms. The van der Waals surface area contributed by atoms with Gasteiger partial charge < -0.3 is 15.0 Å². The van der Waals surface area contributed by atoms with Gasteiger partial charge in [0.1, 0.15) is 0 Å². The van der Waals surface area contributed by atoms with Crippen LogP contribution in [0.3, 0.4) is 0 Å². The number of rotatable bonds is 10. The third-order valence-corrected chi connectivity index (χ3v) is 3.33. The van der Waals surface area contributed by atoms with Gasteiger partial charge in [0.2, 0.25) is 0 Å². The number of hydrogen-bond acceptors (Lipinski definition) is 3. The number of unbranched alkanes of at least 4 members (excludes halogenated alkanes) is 1. The minimum Gasteiger partial charge on any atom is -0.380 e. The molecule has 1 unspecified atom stereocenters. The van der Waals surface area contributed by atoms with Crippen molar-refractivity contribution >= 4 is 0 Å². The molecule has 0 aliphatic carbocycles. The molecule has 0 aromatic carbocycles. The SMILES string of the molecule is CCCCOCCNCC(C)CN1CCCC1. The zero-order valence-electron chi connectivity index (χ0n) is 11.7. The highest BCUT2D eigenvalue weighted by Crippen LogP contribution is 2.09. The zero-order chi connectivity index (χ0) is 12.3. The molecule has 0 aromatic heterocycles. The number of ether oxygens (including phenoxy) is 1. The maximum Gasteiger partial charge on any atom is 0.0590 e. The van der Waals surface area contributed by atoms with E-state index in [0.29, 0.717) is 0 Å². The van der Waals surface area contributed by atoms with E-state index in [4.69, 9.17) is 4.74 Å². The lowest BCUT2D eigenvalue weighted by molar-refractivity contribution is 0.132. The maximum absolute atomic E-state index is 5.52. The van der Waals surface area contributed by atoms with Gasteiger partial charge in [-0.1, -0.05) is 20.3 Å². The predicted octanol–water partition coefficient (Wildman–Crippen LogP) is 2.12. The molecular weight excluding hydrogens is 212 g/mol. The van der Waals surface area contributed by atoms with Gasteiger partial charge in [-0.15, -0.1) is 0 Å². The Labute approximate surface area is 107 Å². The summed E-state index contributed by atoms with van der Waals surface area (Å²) in [7, 11) is 0. The van der Waals surface area contributed by atoms with Crippen LogP contribution >= 0.6 is 0 Å². The van der Waals surface area contributed by atoms with Gasteiger partial charge in [-0.2, -0.15) is 0 Å². The second-order valence-corrected chi connectivity index (χ2v) is 5.28. The van der Waals surface area contributed by atoms with Crippen molar-refractivity contribution in [1.82, 2.24) is 10.2 Å². The molecule has 1 heterocycles. The molecule has 3 heteroatoms. The molecule has 1 aliphatic heterocycles. The summed E-state index contributed by atoms with van der Waals surface area (Å²) in [4.78, 5) is 2.59. The molecule has 1 fully saturated rings. The molecule has 1 saturated heterocycles. The van der Waals surface area contributed by atoms with E-state index in [1.807, 2.05) is 0 Å². The predicted molar refractivity (Wildman–Crippen MR) is 73.4 cm³/mol. The fraction of sp³-hybridized carbons (Fsp3) is 1.00. The van der Waals surface area contributed by atoms with Crippen LogP contribution in [-0.4, -0.2) is 50.8 Å². The minimum atomic E-state index is 0.753. The van der Waals surface area contributed by atoms with Crippen LogP contribution in [0.15, 0.2) is 0 Å². The zero-order valence-corrected chi connectivity index (χ0v) is 11.7. The first-order valence-corrected chi connectivity index (χ1v) is 7.33. The topological polar surface area (TPSA) is 24.5 Å². The summed E-state index contributed by atoms with van der Waals surface area (Å²) in [6.45, 7) is 12.3. The molecule has 0 amide bonds. The molecule has 1 atom stereocenters. The van der Waals surface area contributed by atoms with Crippen molar-refractivity contribution in [2.75, 3.05) is 45.9 Å². The van der Waals surface area contributed by atoms with E-state index in [9.17, 15) is 0 Å². The van der Waals surface area contributed by atoms with E-state index in [0.717, 1.165) is 32.2 Å². The van der Waals surface area contributed by atoms with Crippen molar-refractivity contribution < 1.29 is 4.74 Å². The van der Waals surface area contributed by atoms with Gasteiger partial charge in [0.25, 0.3) is 0 Å². The smallest absolute Gasteiger partial charge is 0.0590 e. The standard InChI is InChI=1S/C14H30N2O/c1-3-4-10-17-11-7-15-12-14(2)13-16-8-5-6-9-16/h14-15H,3-13H2,1-2H3. The second kappa shape index (κ2) is 9.86. The summed E-state index contributed by atoms with van der Waals surface area (Å²) in [5, 5.41) is 3.48. The molecule has 102 valence electrons. The van der Waals surface area contributed by atoms with E-state index >= 15 is 0 Å². The Kier molecular flexibility index (Phi) is 8.67. The van der Waals surface area contributed by atoms with E-state index in [-0.39, 0.29) is 0 Å². The van der Waals surface area contributed by atoms with E-state index in [1.165, 1.54) is 45.3 Å². The third-order valence-electron chi connectivity index (χ3n) is 3.33. The minimum absolute atomic E-state index is 0.753. The van der Waals surface area contributed by atoms with Crippen LogP contribution < -0.4 is 5.32 Å². The van der Waals surface area contributed by atoms with Crippen LogP contribution in [0.1, 0.15) is 39.5 Å². The molecule has 0 aromatic rings. The Balaban J connectivity index is 1.84. The summed E-state index contributed by atoms with van der Waals surface area (Å²) in [6, 6.07) is 0. The normalized spacial score (nSPS) is 18.7. The first-order chi connectivity index (χ1) is 8.33. The van der Waals surface area contributed by atoms with Crippen molar-refractivity contribution in [3.8, 4) is 0 Å². The fourth-order valence-electron chi connectivity index (χ4n) is 2.31.